The van der Waals surface area contributed by atoms with Gasteiger partial charge < -0.3 is 4.74 Å². The van der Waals surface area contributed by atoms with Gasteiger partial charge >= 0.3 is 5.97 Å². The van der Waals surface area contributed by atoms with E-state index in [2.05, 4.69) is 13.8 Å². The molecule has 0 aromatic carbocycles. The average molecular weight is 429 g/mol. The van der Waals surface area contributed by atoms with Crippen LogP contribution in [0.2, 0.25) is 0 Å². The standard InChI is InChI=1S/C28H44O3/c1-3-4-5-6-7-8-9-10-27(30)31-26-16-15-25-24-13-11-20-19-21(29)12-14-22(20)23(24)17-18-28(25,26)2/h19,22-26H,3-18H2,1-2H3/t22-,23+,24+,25-,26+,28-/m0/s1. The first-order chi connectivity index (χ1) is 15.0. The van der Waals surface area contributed by atoms with Crippen LogP contribution >= 0.6 is 0 Å². The Balaban J connectivity index is 1.27. The highest BCUT2D eigenvalue weighted by atomic mass is 16.5. The van der Waals surface area contributed by atoms with Crippen molar-refractivity contribution in [3.8, 4) is 0 Å². The maximum absolute atomic E-state index is 12.6. The van der Waals surface area contributed by atoms with Crippen molar-refractivity contribution in [1.29, 1.82) is 0 Å². The van der Waals surface area contributed by atoms with Gasteiger partial charge in [0.15, 0.2) is 5.78 Å². The minimum atomic E-state index is 0.0437. The van der Waals surface area contributed by atoms with Crippen LogP contribution in [0.4, 0.5) is 0 Å². The highest BCUT2D eigenvalue weighted by molar-refractivity contribution is 5.91. The summed E-state index contributed by atoms with van der Waals surface area (Å²) in [6.07, 6.45) is 20.3. The molecule has 4 aliphatic carbocycles. The molecular weight excluding hydrogens is 384 g/mol. The van der Waals surface area contributed by atoms with E-state index in [4.69, 9.17) is 4.74 Å². The molecule has 0 aliphatic heterocycles. The zero-order valence-electron chi connectivity index (χ0n) is 20.0. The largest absolute Gasteiger partial charge is 0.462 e. The van der Waals surface area contributed by atoms with Crippen LogP contribution in [0.5, 0.6) is 0 Å². The lowest BCUT2D eigenvalue weighted by atomic mass is 9.52. The van der Waals surface area contributed by atoms with Gasteiger partial charge in [-0.15, -0.1) is 0 Å². The lowest BCUT2D eigenvalue weighted by Crippen LogP contribution is -2.48. The van der Waals surface area contributed by atoms with Crippen molar-refractivity contribution in [2.45, 2.75) is 123 Å². The van der Waals surface area contributed by atoms with Crippen molar-refractivity contribution >= 4 is 11.8 Å². The molecule has 0 spiro atoms. The fraction of sp³-hybridized carbons (Fsp3) is 0.857. The summed E-state index contributed by atoms with van der Waals surface area (Å²) in [5.74, 6) is 3.26. The molecule has 4 aliphatic rings. The average Bonchev–Trinajstić information content (AvgIpc) is 3.09. The topological polar surface area (TPSA) is 43.4 Å². The predicted octanol–water partition coefficient (Wildman–Crippen LogP) is 7.18. The molecule has 3 saturated carbocycles. The van der Waals surface area contributed by atoms with Gasteiger partial charge in [-0.3, -0.25) is 9.59 Å². The Kier molecular flexibility index (Phi) is 7.60. The number of esters is 1. The maximum Gasteiger partial charge on any atom is 0.306 e. The molecule has 0 saturated heterocycles. The van der Waals surface area contributed by atoms with Crippen molar-refractivity contribution in [2.75, 3.05) is 0 Å². The fourth-order valence-electron chi connectivity index (χ4n) is 7.77. The van der Waals surface area contributed by atoms with Crippen LogP contribution in [0, 0.1) is 29.1 Å². The summed E-state index contributed by atoms with van der Waals surface area (Å²) < 4.78 is 6.13. The number of hydrogen-bond donors (Lipinski definition) is 0. The number of hydrogen-bond acceptors (Lipinski definition) is 3. The zero-order chi connectivity index (χ0) is 21.8. The lowest BCUT2D eigenvalue weighted by molar-refractivity contribution is -0.159. The molecule has 0 unspecified atom stereocenters. The molecule has 4 rings (SSSR count). The highest BCUT2D eigenvalue weighted by Gasteiger charge is 2.57. The molecule has 0 amide bonds. The number of ketones is 1. The summed E-state index contributed by atoms with van der Waals surface area (Å²) in [7, 11) is 0. The Bertz CT molecular complexity index is 680. The normalized spacial score (nSPS) is 36.9. The molecule has 0 heterocycles. The van der Waals surface area contributed by atoms with Crippen LogP contribution in [0.3, 0.4) is 0 Å². The molecule has 174 valence electrons. The molecule has 0 aromatic heterocycles. The summed E-state index contributed by atoms with van der Waals surface area (Å²) in [6.45, 7) is 4.67. The minimum absolute atomic E-state index is 0.0437. The Morgan fingerprint density at radius 3 is 2.55 bits per heavy atom. The van der Waals surface area contributed by atoms with Gasteiger partial charge in [-0.2, -0.15) is 0 Å². The summed E-state index contributed by atoms with van der Waals surface area (Å²) in [5.41, 5.74) is 1.62. The molecule has 31 heavy (non-hydrogen) atoms. The maximum atomic E-state index is 12.6. The van der Waals surface area contributed by atoms with Crippen LogP contribution in [0.25, 0.3) is 0 Å². The molecule has 3 nitrogen and oxygen atoms in total. The van der Waals surface area contributed by atoms with Gasteiger partial charge in [0.05, 0.1) is 0 Å². The number of rotatable bonds is 9. The second kappa shape index (κ2) is 10.2. The van der Waals surface area contributed by atoms with E-state index in [0.717, 1.165) is 50.4 Å². The monoisotopic (exact) mass is 428 g/mol. The quantitative estimate of drug-likeness (QED) is 0.288. The highest BCUT2D eigenvalue weighted by Crippen LogP contribution is 2.62. The van der Waals surface area contributed by atoms with Gasteiger partial charge in [-0.1, -0.05) is 57.9 Å². The summed E-state index contributed by atoms with van der Waals surface area (Å²) >= 11 is 0. The summed E-state index contributed by atoms with van der Waals surface area (Å²) in [6, 6.07) is 0. The lowest BCUT2D eigenvalue weighted by Gasteiger charge is -2.53. The molecule has 3 heteroatoms. The van der Waals surface area contributed by atoms with E-state index >= 15 is 0 Å². The molecule has 0 aromatic rings. The molecule has 3 fully saturated rings. The van der Waals surface area contributed by atoms with Crippen molar-refractivity contribution < 1.29 is 14.3 Å². The van der Waals surface area contributed by atoms with E-state index in [1.165, 1.54) is 63.4 Å². The van der Waals surface area contributed by atoms with Crippen LogP contribution < -0.4 is 0 Å². The zero-order valence-corrected chi connectivity index (χ0v) is 20.0. The fourth-order valence-corrected chi connectivity index (χ4v) is 7.77. The van der Waals surface area contributed by atoms with E-state index in [-0.39, 0.29) is 17.5 Å². The number of allylic oxidation sites excluding steroid dienone is 1. The number of ether oxygens (including phenoxy) is 1. The molecule has 6 atom stereocenters. The van der Waals surface area contributed by atoms with Gasteiger partial charge in [0.1, 0.15) is 6.10 Å². The van der Waals surface area contributed by atoms with E-state index in [1.807, 2.05) is 6.08 Å². The van der Waals surface area contributed by atoms with Crippen molar-refractivity contribution in [1.82, 2.24) is 0 Å². The first kappa shape index (κ1) is 23.1. The SMILES string of the molecule is CCCCCCCCCC(=O)O[C@@H]1CC[C@H]2[C@@H]3CCC4=CC(=O)CC[C@@H]4[C@H]3CC[C@]12C. The number of fused-ring (bicyclic) bond motifs is 5. The van der Waals surface area contributed by atoms with Crippen LogP contribution in [-0.4, -0.2) is 17.9 Å². The van der Waals surface area contributed by atoms with E-state index in [9.17, 15) is 9.59 Å². The smallest absolute Gasteiger partial charge is 0.306 e. The third-order valence-corrected chi connectivity index (χ3v) is 9.47. The molecule has 0 radical (unpaired) electrons. The van der Waals surface area contributed by atoms with Crippen molar-refractivity contribution in [3.05, 3.63) is 11.6 Å². The van der Waals surface area contributed by atoms with E-state index in [1.54, 1.807) is 0 Å². The van der Waals surface area contributed by atoms with Gasteiger partial charge in [0.25, 0.3) is 0 Å². The van der Waals surface area contributed by atoms with Gasteiger partial charge in [0.2, 0.25) is 0 Å². The Morgan fingerprint density at radius 1 is 0.968 bits per heavy atom. The third-order valence-electron chi connectivity index (χ3n) is 9.47. The molecular formula is C28H44O3. The summed E-state index contributed by atoms with van der Waals surface area (Å²) in [4.78, 5) is 24.5. The van der Waals surface area contributed by atoms with E-state index in [0.29, 0.717) is 24.0 Å². The van der Waals surface area contributed by atoms with Gasteiger partial charge in [-0.25, -0.2) is 0 Å². The third kappa shape index (κ3) is 4.96. The van der Waals surface area contributed by atoms with Crippen LogP contribution in [-0.2, 0) is 14.3 Å². The number of unbranched alkanes of at least 4 members (excludes halogenated alkanes) is 6. The molecule has 0 bridgehead atoms. The van der Waals surface area contributed by atoms with E-state index < -0.39 is 0 Å². The Labute approximate surface area is 189 Å². The number of carbonyl (C=O) groups excluding carboxylic acids is 2. The summed E-state index contributed by atoms with van der Waals surface area (Å²) in [5, 5.41) is 0. The van der Waals surface area contributed by atoms with Crippen LogP contribution in [0.15, 0.2) is 11.6 Å². The minimum Gasteiger partial charge on any atom is -0.462 e. The van der Waals surface area contributed by atoms with Crippen molar-refractivity contribution in [2.24, 2.45) is 29.1 Å². The Hall–Kier alpha value is -1.12. The second-order valence-corrected chi connectivity index (χ2v) is 11.3. The first-order valence-electron chi connectivity index (χ1n) is 13.5. The molecule has 0 N–H and O–H groups in total. The first-order valence-corrected chi connectivity index (χ1v) is 13.5. The van der Waals surface area contributed by atoms with Gasteiger partial charge in [0, 0.05) is 18.3 Å². The Morgan fingerprint density at radius 2 is 1.74 bits per heavy atom. The van der Waals surface area contributed by atoms with Crippen molar-refractivity contribution in [3.63, 3.8) is 0 Å². The second-order valence-electron chi connectivity index (χ2n) is 11.3. The van der Waals surface area contributed by atoms with Crippen LogP contribution in [0.1, 0.15) is 117 Å². The predicted molar refractivity (Wildman–Crippen MR) is 125 cm³/mol. The van der Waals surface area contributed by atoms with Gasteiger partial charge in [-0.05, 0) is 81.1 Å². The number of carbonyl (C=O) groups is 2.